The summed E-state index contributed by atoms with van der Waals surface area (Å²) < 4.78 is 4.50. The van der Waals surface area contributed by atoms with Crippen LogP contribution in [0.15, 0.2) is 5.10 Å². The highest BCUT2D eigenvalue weighted by Gasteiger charge is 2.31. The highest BCUT2D eigenvalue weighted by Crippen LogP contribution is 2.12. The van der Waals surface area contributed by atoms with Gasteiger partial charge in [0.15, 0.2) is 6.04 Å². The van der Waals surface area contributed by atoms with E-state index in [1.54, 1.807) is 0 Å². The predicted molar refractivity (Wildman–Crippen MR) is 41.4 cm³/mol. The summed E-state index contributed by atoms with van der Waals surface area (Å²) in [5, 5.41) is 4.87. The Labute approximate surface area is 70.0 Å². The summed E-state index contributed by atoms with van der Waals surface area (Å²) >= 11 is 0. The number of rotatable bonds is 1. The number of nitrogens with zero attached hydrogens (tertiary/aromatic N) is 2. The Bertz CT molecular complexity index is 237. The maximum atomic E-state index is 11.0. The van der Waals surface area contributed by atoms with Gasteiger partial charge in [0.25, 0.3) is 0 Å². The number of carbonyl (C=O) groups is 2. The summed E-state index contributed by atoms with van der Waals surface area (Å²) in [4.78, 5) is 21.9. The predicted octanol–water partition coefficient (Wildman–Crippen LogP) is -0.234. The third-order valence-corrected chi connectivity index (χ3v) is 1.63. The van der Waals surface area contributed by atoms with E-state index in [-0.39, 0.29) is 5.91 Å². The third kappa shape index (κ3) is 1.44. The van der Waals surface area contributed by atoms with Gasteiger partial charge in [0.1, 0.15) is 0 Å². The van der Waals surface area contributed by atoms with Crippen molar-refractivity contribution in [2.75, 3.05) is 7.11 Å². The number of amides is 1. The molecule has 0 saturated carbocycles. The van der Waals surface area contributed by atoms with Crippen molar-refractivity contribution >= 4 is 18.1 Å². The second kappa shape index (κ2) is 3.34. The van der Waals surface area contributed by atoms with Gasteiger partial charge in [-0.25, -0.2) is 9.80 Å². The third-order valence-electron chi connectivity index (χ3n) is 1.63. The van der Waals surface area contributed by atoms with Gasteiger partial charge in [-0.15, -0.1) is 0 Å². The molecule has 1 rings (SSSR count). The molecule has 5 heteroatoms. The molecule has 66 valence electrons. The van der Waals surface area contributed by atoms with Crippen LogP contribution in [0.5, 0.6) is 0 Å². The van der Waals surface area contributed by atoms with E-state index in [0.29, 0.717) is 6.42 Å². The average molecular weight is 170 g/mol. The zero-order valence-electron chi connectivity index (χ0n) is 6.98. The minimum absolute atomic E-state index is 0.251. The molecular formula is C7H10N2O3. The Morgan fingerprint density at radius 1 is 1.67 bits per heavy atom. The van der Waals surface area contributed by atoms with Crippen molar-refractivity contribution in [1.29, 1.82) is 0 Å². The van der Waals surface area contributed by atoms with E-state index in [0.717, 1.165) is 5.01 Å². The number of hydrazone groups is 1. The van der Waals surface area contributed by atoms with Crippen molar-refractivity contribution in [2.24, 2.45) is 5.10 Å². The number of hydrogen-bond acceptors (Lipinski definition) is 4. The van der Waals surface area contributed by atoms with Gasteiger partial charge in [-0.1, -0.05) is 0 Å². The van der Waals surface area contributed by atoms with Crippen molar-refractivity contribution in [1.82, 2.24) is 5.01 Å². The Morgan fingerprint density at radius 2 is 2.33 bits per heavy atom. The largest absolute Gasteiger partial charge is 0.467 e. The molecule has 1 atom stereocenters. The van der Waals surface area contributed by atoms with Crippen LogP contribution in [0.1, 0.15) is 13.3 Å². The number of hydrogen-bond donors (Lipinski definition) is 0. The van der Waals surface area contributed by atoms with E-state index in [9.17, 15) is 9.59 Å². The smallest absolute Gasteiger partial charge is 0.331 e. The quantitative estimate of drug-likeness (QED) is 0.510. The molecule has 0 spiro atoms. The van der Waals surface area contributed by atoms with Gasteiger partial charge >= 0.3 is 5.97 Å². The molecule has 12 heavy (non-hydrogen) atoms. The topological polar surface area (TPSA) is 59.0 Å². The van der Waals surface area contributed by atoms with Crippen molar-refractivity contribution in [2.45, 2.75) is 19.4 Å². The zero-order chi connectivity index (χ0) is 9.14. The van der Waals surface area contributed by atoms with Crippen molar-refractivity contribution in [3.63, 3.8) is 0 Å². The maximum absolute atomic E-state index is 11.0. The molecule has 0 N–H and O–H groups in total. The van der Waals surface area contributed by atoms with Crippen LogP contribution in [0.4, 0.5) is 0 Å². The first-order valence-corrected chi connectivity index (χ1v) is 3.57. The molecule has 1 heterocycles. The fourth-order valence-electron chi connectivity index (χ4n) is 1.05. The highest BCUT2D eigenvalue weighted by molar-refractivity contribution is 5.88. The van der Waals surface area contributed by atoms with Gasteiger partial charge in [-0.05, 0) is 0 Å². The van der Waals surface area contributed by atoms with Gasteiger partial charge in [-0.2, -0.15) is 5.10 Å². The second-order valence-corrected chi connectivity index (χ2v) is 2.44. The molecule has 0 aliphatic carbocycles. The molecule has 0 bridgehead atoms. The lowest BCUT2D eigenvalue weighted by atomic mass is 10.2. The molecule has 0 radical (unpaired) electrons. The summed E-state index contributed by atoms with van der Waals surface area (Å²) in [7, 11) is 1.29. The lowest BCUT2D eigenvalue weighted by Crippen LogP contribution is -2.37. The van der Waals surface area contributed by atoms with Crippen LogP contribution in [-0.2, 0) is 14.3 Å². The first kappa shape index (κ1) is 8.70. The first-order chi connectivity index (χ1) is 5.66. The van der Waals surface area contributed by atoms with E-state index in [1.165, 1.54) is 20.2 Å². The molecule has 0 saturated heterocycles. The van der Waals surface area contributed by atoms with Crippen molar-refractivity contribution in [3.05, 3.63) is 0 Å². The van der Waals surface area contributed by atoms with Gasteiger partial charge in [0.05, 0.1) is 7.11 Å². The van der Waals surface area contributed by atoms with Crippen LogP contribution in [0.25, 0.3) is 0 Å². The molecule has 5 nitrogen and oxygen atoms in total. The monoisotopic (exact) mass is 170 g/mol. The average Bonchev–Trinajstić information content (AvgIpc) is 2.50. The minimum Gasteiger partial charge on any atom is -0.467 e. The fraction of sp³-hybridized carbons (Fsp3) is 0.571. The Hall–Kier alpha value is -1.39. The van der Waals surface area contributed by atoms with Crippen LogP contribution < -0.4 is 0 Å². The summed E-state index contributed by atoms with van der Waals surface area (Å²) in [6, 6.07) is -0.563. The number of methoxy groups -OCH3 is 1. The van der Waals surface area contributed by atoms with Gasteiger partial charge in [0.2, 0.25) is 5.91 Å². The van der Waals surface area contributed by atoms with E-state index in [2.05, 4.69) is 9.84 Å². The van der Waals surface area contributed by atoms with Gasteiger partial charge in [-0.3, -0.25) is 4.79 Å². The van der Waals surface area contributed by atoms with Gasteiger partial charge < -0.3 is 4.74 Å². The molecule has 0 aromatic rings. The van der Waals surface area contributed by atoms with Crippen molar-refractivity contribution < 1.29 is 14.3 Å². The summed E-state index contributed by atoms with van der Waals surface area (Å²) in [5.74, 6) is -0.679. The lowest BCUT2D eigenvalue weighted by molar-refractivity contribution is -0.151. The molecule has 1 aliphatic rings. The SMILES string of the molecule is COC(=O)C1CC=NN1C(C)=O. The van der Waals surface area contributed by atoms with Crippen molar-refractivity contribution in [3.8, 4) is 0 Å². The lowest BCUT2D eigenvalue weighted by Gasteiger charge is -2.17. The highest BCUT2D eigenvalue weighted by atomic mass is 16.5. The van der Waals surface area contributed by atoms with Crippen LogP contribution in [-0.4, -0.2) is 36.3 Å². The van der Waals surface area contributed by atoms with E-state index in [1.807, 2.05) is 0 Å². The van der Waals surface area contributed by atoms with E-state index < -0.39 is 12.0 Å². The van der Waals surface area contributed by atoms with Crippen LogP contribution in [0, 0.1) is 0 Å². The number of esters is 1. The fourth-order valence-corrected chi connectivity index (χ4v) is 1.05. The molecule has 0 aromatic heterocycles. The first-order valence-electron chi connectivity index (χ1n) is 3.57. The molecule has 1 aliphatic heterocycles. The Balaban J connectivity index is 2.68. The molecule has 0 fully saturated rings. The van der Waals surface area contributed by atoms with E-state index in [4.69, 9.17) is 0 Å². The number of carbonyl (C=O) groups excluding carboxylic acids is 2. The van der Waals surface area contributed by atoms with Crippen LogP contribution in [0.2, 0.25) is 0 Å². The van der Waals surface area contributed by atoms with Crippen LogP contribution in [0.3, 0.4) is 0 Å². The molecule has 1 unspecified atom stereocenters. The normalized spacial score (nSPS) is 21.2. The standard InChI is InChI=1S/C7H10N2O3/c1-5(10)9-6(3-4-8-9)7(11)12-2/h4,6H,3H2,1-2H3. The minimum atomic E-state index is -0.563. The Morgan fingerprint density at radius 3 is 2.83 bits per heavy atom. The maximum Gasteiger partial charge on any atom is 0.331 e. The van der Waals surface area contributed by atoms with Crippen LogP contribution >= 0.6 is 0 Å². The zero-order valence-corrected chi connectivity index (χ0v) is 6.98. The molecule has 1 amide bonds. The Kier molecular flexibility index (Phi) is 2.42. The van der Waals surface area contributed by atoms with E-state index >= 15 is 0 Å². The van der Waals surface area contributed by atoms with Gasteiger partial charge in [0, 0.05) is 19.6 Å². The summed E-state index contributed by atoms with van der Waals surface area (Å²) in [6.45, 7) is 1.36. The second-order valence-electron chi connectivity index (χ2n) is 2.44. The molecule has 0 aromatic carbocycles. The summed E-state index contributed by atoms with van der Waals surface area (Å²) in [5.41, 5.74) is 0. The summed E-state index contributed by atoms with van der Waals surface area (Å²) in [6.07, 6.45) is 1.97. The molecular weight excluding hydrogens is 160 g/mol. The number of ether oxygens (including phenoxy) is 1.